The van der Waals surface area contributed by atoms with E-state index in [1.54, 1.807) is 23.7 Å². The second-order valence-corrected chi connectivity index (χ2v) is 7.51. The predicted octanol–water partition coefficient (Wildman–Crippen LogP) is 3.78. The number of thioether (sulfide) groups is 1. The van der Waals surface area contributed by atoms with E-state index in [-0.39, 0.29) is 11.8 Å². The average Bonchev–Trinajstić information content (AvgIpc) is 2.69. The van der Waals surface area contributed by atoms with Crippen LogP contribution in [0.25, 0.3) is 0 Å². The molecule has 0 aliphatic carbocycles. The highest BCUT2D eigenvalue weighted by molar-refractivity contribution is 7.99. The summed E-state index contributed by atoms with van der Waals surface area (Å²) in [4.78, 5) is 26.9. The molecule has 1 N–H and O–H groups in total. The molecule has 2 aromatic carbocycles. The summed E-state index contributed by atoms with van der Waals surface area (Å²) in [6, 6.07) is 17.7. The zero-order valence-electron chi connectivity index (χ0n) is 16.3. The summed E-state index contributed by atoms with van der Waals surface area (Å²) in [5, 5.41) is 2.68. The van der Waals surface area contributed by atoms with Gasteiger partial charge in [-0.1, -0.05) is 67.1 Å². The molecule has 0 spiro atoms. The second kappa shape index (κ2) is 10.8. The van der Waals surface area contributed by atoms with E-state index < -0.39 is 6.04 Å². The summed E-state index contributed by atoms with van der Waals surface area (Å²) in [5.41, 5.74) is 3.45. The van der Waals surface area contributed by atoms with Crippen molar-refractivity contribution in [3.63, 3.8) is 0 Å². The van der Waals surface area contributed by atoms with E-state index in [0.29, 0.717) is 18.7 Å². The minimum absolute atomic E-state index is 0.00795. The lowest BCUT2D eigenvalue weighted by atomic mass is 10.1. The van der Waals surface area contributed by atoms with Crippen molar-refractivity contribution >= 4 is 23.6 Å². The molecule has 0 aromatic heterocycles. The molecule has 4 nitrogen and oxygen atoms in total. The van der Waals surface area contributed by atoms with Crippen LogP contribution in [0.1, 0.15) is 30.0 Å². The maximum Gasteiger partial charge on any atom is 0.242 e. The Morgan fingerprint density at radius 3 is 2.30 bits per heavy atom. The van der Waals surface area contributed by atoms with Gasteiger partial charge >= 0.3 is 0 Å². The van der Waals surface area contributed by atoms with Crippen molar-refractivity contribution in [1.82, 2.24) is 10.2 Å². The molecule has 0 aliphatic heterocycles. The lowest BCUT2D eigenvalue weighted by Gasteiger charge is -2.30. The van der Waals surface area contributed by atoms with Gasteiger partial charge in [-0.3, -0.25) is 9.59 Å². The van der Waals surface area contributed by atoms with Gasteiger partial charge in [-0.25, -0.2) is 0 Å². The number of carbonyl (C=O) groups excluding carboxylic acids is 2. The fourth-order valence-electron chi connectivity index (χ4n) is 2.89. The van der Waals surface area contributed by atoms with Crippen LogP contribution in [0.2, 0.25) is 0 Å². The average molecular weight is 385 g/mol. The molecule has 2 rings (SSSR count). The van der Waals surface area contributed by atoms with Crippen LogP contribution in [0.5, 0.6) is 0 Å². The standard InChI is InChI=1S/C22H28N2O2S/c1-4-20(22(26)23-3)24(14-18-8-6-5-7-9-18)21(25)16-27-15-19-12-10-17(2)11-13-19/h5-13,20H,4,14-16H2,1-3H3,(H,23,26)/t20-/m1/s1. The van der Waals surface area contributed by atoms with Gasteiger partial charge in [0.15, 0.2) is 0 Å². The van der Waals surface area contributed by atoms with E-state index >= 15 is 0 Å². The first-order valence-electron chi connectivity index (χ1n) is 9.23. The topological polar surface area (TPSA) is 49.4 Å². The van der Waals surface area contributed by atoms with E-state index in [1.165, 1.54) is 11.1 Å². The Kier molecular flexibility index (Phi) is 8.40. The van der Waals surface area contributed by atoms with E-state index in [9.17, 15) is 9.59 Å². The monoisotopic (exact) mass is 384 g/mol. The summed E-state index contributed by atoms with van der Waals surface area (Å²) in [5.74, 6) is 1.01. The minimum atomic E-state index is -0.456. The van der Waals surface area contributed by atoms with Crippen molar-refractivity contribution in [3.05, 3.63) is 71.3 Å². The van der Waals surface area contributed by atoms with Crippen molar-refractivity contribution < 1.29 is 9.59 Å². The van der Waals surface area contributed by atoms with Crippen LogP contribution in [0.3, 0.4) is 0 Å². The zero-order chi connectivity index (χ0) is 19.6. The van der Waals surface area contributed by atoms with Gasteiger partial charge in [0.1, 0.15) is 6.04 Å². The molecule has 5 heteroatoms. The number of likely N-dealkylation sites (N-methyl/N-ethyl adjacent to an activating group) is 1. The third-order valence-electron chi connectivity index (χ3n) is 4.44. The number of hydrogen-bond acceptors (Lipinski definition) is 3. The van der Waals surface area contributed by atoms with E-state index in [2.05, 4.69) is 36.5 Å². The molecule has 2 aromatic rings. The number of rotatable bonds is 9. The number of amides is 2. The molecule has 0 fully saturated rings. The van der Waals surface area contributed by atoms with E-state index in [1.807, 2.05) is 37.3 Å². The van der Waals surface area contributed by atoms with Crippen LogP contribution in [-0.2, 0) is 21.9 Å². The van der Waals surface area contributed by atoms with Gasteiger partial charge in [-0.05, 0) is 24.5 Å². The normalized spacial score (nSPS) is 11.7. The maximum atomic E-state index is 12.9. The Hall–Kier alpha value is -2.27. The number of nitrogens with zero attached hydrogens (tertiary/aromatic N) is 1. The fraction of sp³-hybridized carbons (Fsp3) is 0.364. The summed E-state index contributed by atoms with van der Waals surface area (Å²) in [6.45, 7) is 4.44. The first-order chi connectivity index (χ1) is 13.0. The molecule has 0 saturated carbocycles. The molecule has 27 heavy (non-hydrogen) atoms. The molecule has 0 unspecified atom stereocenters. The highest BCUT2D eigenvalue weighted by atomic mass is 32.2. The van der Waals surface area contributed by atoms with Crippen LogP contribution >= 0.6 is 11.8 Å². The largest absolute Gasteiger partial charge is 0.357 e. The van der Waals surface area contributed by atoms with Gasteiger partial charge in [0.2, 0.25) is 11.8 Å². The van der Waals surface area contributed by atoms with E-state index in [4.69, 9.17) is 0 Å². The molecular formula is C22H28N2O2S. The van der Waals surface area contributed by atoms with Crippen molar-refractivity contribution in [2.45, 2.75) is 38.6 Å². The smallest absolute Gasteiger partial charge is 0.242 e. The molecular weight excluding hydrogens is 356 g/mol. The number of nitrogens with one attached hydrogen (secondary N) is 1. The van der Waals surface area contributed by atoms with Gasteiger partial charge in [-0.2, -0.15) is 0 Å². The van der Waals surface area contributed by atoms with Gasteiger partial charge in [0.05, 0.1) is 5.75 Å². The van der Waals surface area contributed by atoms with Gasteiger partial charge < -0.3 is 10.2 Å². The quantitative estimate of drug-likeness (QED) is 0.716. The summed E-state index contributed by atoms with van der Waals surface area (Å²) < 4.78 is 0. The second-order valence-electron chi connectivity index (χ2n) is 6.52. The van der Waals surface area contributed by atoms with Crippen molar-refractivity contribution in [3.8, 4) is 0 Å². The highest BCUT2D eigenvalue weighted by Crippen LogP contribution is 2.17. The molecule has 144 valence electrons. The lowest BCUT2D eigenvalue weighted by Crippen LogP contribution is -2.48. The van der Waals surface area contributed by atoms with Crippen LogP contribution < -0.4 is 5.32 Å². The lowest BCUT2D eigenvalue weighted by molar-refractivity contribution is -0.139. The third kappa shape index (κ3) is 6.43. The summed E-state index contributed by atoms with van der Waals surface area (Å²) in [7, 11) is 1.61. The predicted molar refractivity (Wildman–Crippen MR) is 112 cm³/mol. The van der Waals surface area contributed by atoms with Gasteiger partial charge in [-0.15, -0.1) is 11.8 Å². The SMILES string of the molecule is CC[C@H](C(=O)NC)N(Cc1ccccc1)C(=O)CSCc1ccc(C)cc1. The fourth-order valence-corrected chi connectivity index (χ4v) is 3.76. The molecule has 0 saturated heterocycles. The Bertz CT molecular complexity index is 732. The Morgan fingerprint density at radius 2 is 1.70 bits per heavy atom. The molecule has 0 radical (unpaired) electrons. The van der Waals surface area contributed by atoms with Crippen LogP contribution in [0.15, 0.2) is 54.6 Å². The third-order valence-corrected chi connectivity index (χ3v) is 5.43. The van der Waals surface area contributed by atoms with E-state index in [0.717, 1.165) is 11.3 Å². The van der Waals surface area contributed by atoms with Crippen molar-refractivity contribution in [2.75, 3.05) is 12.8 Å². The summed E-state index contributed by atoms with van der Waals surface area (Å²) in [6.07, 6.45) is 0.584. The first-order valence-corrected chi connectivity index (χ1v) is 10.4. The van der Waals surface area contributed by atoms with Gasteiger partial charge in [0.25, 0.3) is 0 Å². The minimum Gasteiger partial charge on any atom is -0.357 e. The Labute approximate surface area is 166 Å². The highest BCUT2D eigenvalue weighted by Gasteiger charge is 2.27. The molecule has 0 heterocycles. The van der Waals surface area contributed by atoms with Crippen molar-refractivity contribution in [1.29, 1.82) is 0 Å². The zero-order valence-corrected chi connectivity index (χ0v) is 17.1. The number of hydrogen-bond donors (Lipinski definition) is 1. The number of aryl methyl sites for hydroxylation is 1. The number of carbonyl (C=O) groups is 2. The van der Waals surface area contributed by atoms with Crippen LogP contribution in [-0.4, -0.2) is 35.6 Å². The number of benzene rings is 2. The molecule has 0 aliphatic rings. The molecule has 1 atom stereocenters. The molecule has 2 amide bonds. The van der Waals surface area contributed by atoms with Crippen molar-refractivity contribution in [2.24, 2.45) is 0 Å². The molecule has 0 bridgehead atoms. The van der Waals surface area contributed by atoms with Gasteiger partial charge in [0, 0.05) is 19.3 Å². The Balaban J connectivity index is 2.05. The maximum absolute atomic E-state index is 12.9. The Morgan fingerprint density at radius 1 is 1.04 bits per heavy atom. The summed E-state index contributed by atoms with van der Waals surface area (Å²) >= 11 is 1.58. The van der Waals surface area contributed by atoms with Crippen LogP contribution in [0.4, 0.5) is 0 Å². The first kappa shape index (κ1) is 21.0. The van der Waals surface area contributed by atoms with Crippen LogP contribution in [0, 0.1) is 6.92 Å².